The van der Waals surface area contributed by atoms with Crippen LogP contribution in [0, 0.1) is 0 Å². The van der Waals surface area contributed by atoms with Crippen LogP contribution in [0.5, 0.6) is 11.5 Å². The molecule has 0 aliphatic carbocycles. The molecule has 6 heteroatoms. The van der Waals surface area contributed by atoms with Crippen molar-refractivity contribution in [3.05, 3.63) is 95.6 Å². The number of amides is 2. The Labute approximate surface area is 201 Å². The molecule has 3 aromatic carbocycles. The van der Waals surface area contributed by atoms with Crippen LogP contribution in [0.15, 0.2) is 78.9 Å². The topological polar surface area (TPSA) is 76.7 Å². The molecule has 0 atom stereocenters. The summed E-state index contributed by atoms with van der Waals surface area (Å²) in [5, 5.41) is 5.84. The van der Waals surface area contributed by atoms with Gasteiger partial charge in [0, 0.05) is 11.1 Å². The highest BCUT2D eigenvalue weighted by Gasteiger charge is 2.20. The molecule has 0 unspecified atom stereocenters. The lowest BCUT2D eigenvalue weighted by Crippen LogP contribution is -2.41. The van der Waals surface area contributed by atoms with Gasteiger partial charge in [0.05, 0.1) is 13.7 Å². The Balaban J connectivity index is 1.81. The van der Waals surface area contributed by atoms with Crippen LogP contribution in [-0.4, -0.2) is 25.5 Å². The number of hydrogen-bond acceptors (Lipinski definition) is 4. The quantitative estimate of drug-likeness (QED) is 0.276. The SMILES string of the molecule is CCCCCCOc1ccc(C(NC(=O)c2ccccc2)NC(=O)c2ccccc2)cc1OC. The number of rotatable bonds is 12. The van der Waals surface area contributed by atoms with Crippen LogP contribution in [0.1, 0.15) is 65.1 Å². The second kappa shape index (κ2) is 13.0. The molecule has 0 aliphatic rings. The molecule has 0 spiro atoms. The van der Waals surface area contributed by atoms with Crippen LogP contribution in [0.4, 0.5) is 0 Å². The van der Waals surface area contributed by atoms with Crippen molar-refractivity contribution < 1.29 is 19.1 Å². The van der Waals surface area contributed by atoms with E-state index < -0.39 is 6.17 Å². The number of unbranched alkanes of at least 4 members (excludes halogenated alkanes) is 3. The van der Waals surface area contributed by atoms with E-state index in [-0.39, 0.29) is 11.8 Å². The van der Waals surface area contributed by atoms with Crippen molar-refractivity contribution >= 4 is 11.8 Å². The highest BCUT2D eigenvalue weighted by molar-refractivity contribution is 5.96. The van der Waals surface area contributed by atoms with Crippen molar-refractivity contribution in [1.29, 1.82) is 0 Å². The van der Waals surface area contributed by atoms with Gasteiger partial charge < -0.3 is 20.1 Å². The lowest BCUT2D eigenvalue weighted by Gasteiger charge is -2.22. The Morgan fingerprint density at radius 3 is 1.88 bits per heavy atom. The smallest absolute Gasteiger partial charge is 0.253 e. The minimum atomic E-state index is -0.770. The molecular formula is C28H32N2O4. The Morgan fingerprint density at radius 2 is 1.35 bits per heavy atom. The van der Waals surface area contributed by atoms with Gasteiger partial charge in [-0.25, -0.2) is 0 Å². The molecule has 178 valence electrons. The zero-order valence-electron chi connectivity index (χ0n) is 19.8. The fourth-order valence-electron chi connectivity index (χ4n) is 3.50. The predicted octanol–water partition coefficient (Wildman–Crippen LogP) is 5.51. The summed E-state index contributed by atoms with van der Waals surface area (Å²) in [7, 11) is 1.57. The van der Waals surface area contributed by atoms with E-state index in [1.807, 2.05) is 24.3 Å². The van der Waals surface area contributed by atoms with Crippen molar-refractivity contribution in [2.45, 2.75) is 38.8 Å². The number of nitrogens with one attached hydrogen (secondary N) is 2. The first kappa shape index (κ1) is 24.8. The van der Waals surface area contributed by atoms with Gasteiger partial charge in [-0.2, -0.15) is 0 Å². The van der Waals surface area contributed by atoms with Gasteiger partial charge in [-0.3, -0.25) is 9.59 Å². The van der Waals surface area contributed by atoms with E-state index in [1.165, 1.54) is 12.8 Å². The van der Waals surface area contributed by atoms with E-state index in [9.17, 15) is 9.59 Å². The van der Waals surface area contributed by atoms with E-state index in [4.69, 9.17) is 9.47 Å². The van der Waals surface area contributed by atoms with Crippen LogP contribution in [-0.2, 0) is 0 Å². The summed E-state index contributed by atoms with van der Waals surface area (Å²) in [6.07, 6.45) is 3.68. The van der Waals surface area contributed by atoms with Crippen LogP contribution in [0.3, 0.4) is 0 Å². The summed E-state index contributed by atoms with van der Waals surface area (Å²) < 4.78 is 11.5. The third-order valence-corrected chi connectivity index (χ3v) is 5.40. The van der Waals surface area contributed by atoms with Crippen molar-refractivity contribution in [1.82, 2.24) is 10.6 Å². The van der Waals surface area contributed by atoms with Gasteiger partial charge in [0.15, 0.2) is 11.5 Å². The number of hydrogen-bond donors (Lipinski definition) is 2. The monoisotopic (exact) mass is 460 g/mol. The van der Waals surface area contributed by atoms with Gasteiger partial charge in [0.2, 0.25) is 0 Å². The van der Waals surface area contributed by atoms with Gasteiger partial charge in [0.1, 0.15) is 6.17 Å². The molecule has 0 heterocycles. The number of carbonyl (C=O) groups is 2. The van der Waals surface area contributed by atoms with Gasteiger partial charge in [-0.1, -0.05) is 68.7 Å². The maximum atomic E-state index is 12.9. The van der Waals surface area contributed by atoms with Gasteiger partial charge in [-0.15, -0.1) is 0 Å². The third kappa shape index (κ3) is 7.10. The summed E-state index contributed by atoms with van der Waals surface area (Å²) in [4.78, 5) is 25.8. The zero-order valence-corrected chi connectivity index (χ0v) is 19.8. The van der Waals surface area contributed by atoms with E-state index >= 15 is 0 Å². The Hall–Kier alpha value is -3.80. The fourth-order valence-corrected chi connectivity index (χ4v) is 3.50. The maximum absolute atomic E-state index is 12.9. The fraction of sp³-hybridized carbons (Fsp3) is 0.286. The van der Waals surface area contributed by atoms with E-state index in [1.54, 1.807) is 61.7 Å². The van der Waals surface area contributed by atoms with Gasteiger partial charge >= 0.3 is 0 Å². The van der Waals surface area contributed by atoms with Crippen LogP contribution in [0.2, 0.25) is 0 Å². The largest absolute Gasteiger partial charge is 0.493 e. The van der Waals surface area contributed by atoms with Crippen LogP contribution < -0.4 is 20.1 Å². The molecule has 2 N–H and O–H groups in total. The molecule has 0 aromatic heterocycles. The minimum Gasteiger partial charge on any atom is -0.493 e. The Morgan fingerprint density at radius 1 is 0.765 bits per heavy atom. The molecule has 3 rings (SSSR count). The average Bonchev–Trinajstić information content (AvgIpc) is 2.89. The molecular weight excluding hydrogens is 428 g/mol. The summed E-state index contributed by atoms with van der Waals surface area (Å²) in [6, 6.07) is 23.2. The van der Waals surface area contributed by atoms with Gasteiger partial charge in [-0.05, 0) is 48.4 Å². The number of benzene rings is 3. The predicted molar refractivity (Wildman–Crippen MR) is 133 cm³/mol. The van der Waals surface area contributed by atoms with Crippen LogP contribution >= 0.6 is 0 Å². The Kier molecular flexibility index (Phi) is 9.52. The van der Waals surface area contributed by atoms with Crippen molar-refractivity contribution in [2.24, 2.45) is 0 Å². The first-order valence-corrected chi connectivity index (χ1v) is 11.6. The number of carbonyl (C=O) groups excluding carboxylic acids is 2. The van der Waals surface area contributed by atoms with E-state index in [2.05, 4.69) is 17.6 Å². The maximum Gasteiger partial charge on any atom is 0.253 e. The first-order valence-electron chi connectivity index (χ1n) is 11.6. The summed E-state index contributed by atoms with van der Waals surface area (Å²) in [5.74, 6) is 0.578. The Bertz CT molecular complexity index is 1000. The number of ether oxygens (including phenoxy) is 2. The van der Waals surface area contributed by atoms with E-state index in [0.29, 0.717) is 34.8 Å². The second-order valence-electron chi connectivity index (χ2n) is 7.93. The normalized spacial score (nSPS) is 10.6. The number of methoxy groups -OCH3 is 1. The lowest BCUT2D eigenvalue weighted by molar-refractivity contribution is 0.0883. The second-order valence-corrected chi connectivity index (χ2v) is 7.93. The zero-order chi connectivity index (χ0) is 24.2. The summed E-state index contributed by atoms with van der Waals surface area (Å²) in [6.45, 7) is 2.78. The highest BCUT2D eigenvalue weighted by Crippen LogP contribution is 2.30. The standard InChI is InChI=1S/C28H32N2O4/c1-3-4-5-12-19-34-24-18-17-23(20-25(24)33-2)26(29-27(31)21-13-8-6-9-14-21)30-28(32)22-15-10-7-11-16-22/h6-11,13-18,20,26H,3-5,12,19H2,1-2H3,(H,29,31)(H,30,32). The first-order chi connectivity index (χ1) is 16.6. The minimum absolute atomic E-state index is 0.297. The lowest BCUT2D eigenvalue weighted by atomic mass is 10.1. The highest BCUT2D eigenvalue weighted by atomic mass is 16.5. The molecule has 0 bridgehead atoms. The van der Waals surface area contributed by atoms with Crippen molar-refractivity contribution in [3.63, 3.8) is 0 Å². The third-order valence-electron chi connectivity index (χ3n) is 5.40. The van der Waals surface area contributed by atoms with Crippen molar-refractivity contribution in [3.8, 4) is 11.5 Å². The molecule has 2 amide bonds. The molecule has 0 radical (unpaired) electrons. The van der Waals surface area contributed by atoms with Crippen LogP contribution in [0.25, 0.3) is 0 Å². The van der Waals surface area contributed by atoms with E-state index in [0.717, 1.165) is 12.8 Å². The summed E-state index contributed by atoms with van der Waals surface area (Å²) >= 11 is 0. The van der Waals surface area contributed by atoms with Gasteiger partial charge in [0.25, 0.3) is 11.8 Å². The molecule has 0 fully saturated rings. The molecule has 0 aliphatic heterocycles. The molecule has 34 heavy (non-hydrogen) atoms. The molecule has 0 saturated carbocycles. The molecule has 6 nitrogen and oxygen atoms in total. The van der Waals surface area contributed by atoms with Crippen molar-refractivity contribution in [2.75, 3.05) is 13.7 Å². The molecule has 3 aromatic rings. The molecule has 0 saturated heterocycles. The average molecular weight is 461 g/mol. The summed E-state index contributed by atoms with van der Waals surface area (Å²) in [5.41, 5.74) is 1.67.